The Hall–Kier alpha value is -2.07. The fraction of sp³-hybridized carbons (Fsp3) is 0.250. The second-order valence-electron chi connectivity index (χ2n) is 4.82. The Morgan fingerprint density at radius 1 is 1.05 bits per heavy atom. The fourth-order valence-electron chi connectivity index (χ4n) is 2.38. The third kappa shape index (κ3) is 2.60. The second-order valence-corrected chi connectivity index (χ2v) is 4.82. The molecule has 1 unspecified atom stereocenters. The lowest BCUT2D eigenvalue weighted by molar-refractivity contribution is 0.174. The molecule has 1 heterocycles. The number of benzene rings is 2. The monoisotopic (exact) mass is 274 g/mol. The van der Waals surface area contributed by atoms with Crippen LogP contribution in [-0.4, -0.2) is 18.5 Å². The van der Waals surface area contributed by atoms with Crippen molar-refractivity contribution in [2.45, 2.75) is 12.3 Å². The molecule has 1 atom stereocenters. The van der Waals surface area contributed by atoms with E-state index in [1.807, 2.05) is 18.2 Å². The van der Waals surface area contributed by atoms with E-state index >= 15 is 0 Å². The van der Waals surface area contributed by atoms with Gasteiger partial charge in [0, 0.05) is 5.92 Å². The van der Waals surface area contributed by atoms with E-state index in [0.29, 0.717) is 6.42 Å². The topological polar surface area (TPSA) is 38.7 Å². The Morgan fingerprint density at radius 2 is 1.80 bits per heavy atom. The van der Waals surface area contributed by atoms with E-state index in [9.17, 15) is 9.50 Å². The van der Waals surface area contributed by atoms with Crippen LogP contribution in [0.3, 0.4) is 0 Å². The van der Waals surface area contributed by atoms with Crippen LogP contribution in [0.25, 0.3) is 0 Å². The molecule has 0 aliphatic carbocycles. The minimum absolute atomic E-state index is 0.0140. The number of hydrogen-bond acceptors (Lipinski definition) is 3. The van der Waals surface area contributed by atoms with Gasteiger partial charge in [0.1, 0.15) is 5.82 Å². The van der Waals surface area contributed by atoms with Gasteiger partial charge in [-0.15, -0.1) is 0 Å². The summed E-state index contributed by atoms with van der Waals surface area (Å²) in [5.41, 5.74) is 1.98. The molecule has 0 fully saturated rings. The number of aliphatic hydroxyl groups is 1. The predicted octanol–water partition coefficient (Wildman–Crippen LogP) is 2.87. The maximum absolute atomic E-state index is 12.9. The van der Waals surface area contributed by atoms with Gasteiger partial charge in [-0.3, -0.25) is 0 Å². The van der Waals surface area contributed by atoms with Crippen molar-refractivity contribution in [3.8, 4) is 11.5 Å². The van der Waals surface area contributed by atoms with Crippen LogP contribution >= 0.6 is 0 Å². The van der Waals surface area contributed by atoms with Crippen LogP contribution in [-0.2, 0) is 6.42 Å². The summed E-state index contributed by atoms with van der Waals surface area (Å²) in [6.07, 6.45) is 0.665. The first-order valence-corrected chi connectivity index (χ1v) is 6.51. The third-order valence-electron chi connectivity index (χ3n) is 3.48. The molecular weight excluding hydrogens is 259 g/mol. The summed E-state index contributed by atoms with van der Waals surface area (Å²) in [5, 5.41) is 9.55. The molecular formula is C16H15FO3. The first-order chi connectivity index (χ1) is 9.76. The lowest BCUT2D eigenvalue weighted by atomic mass is 9.92. The third-order valence-corrected chi connectivity index (χ3v) is 3.48. The normalized spacial score (nSPS) is 14.3. The molecule has 0 radical (unpaired) electrons. The quantitative estimate of drug-likeness (QED) is 0.931. The summed E-state index contributed by atoms with van der Waals surface area (Å²) in [6.45, 7) is 0.264. The highest BCUT2D eigenvalue weighted by molar-refractivity contribution is 5.45. The first-order valence-electron chi connectivity index (χ1n) is 6.51. The van der Waals surface area contributed by atoms with Crippen molar-refractivity contribution in [2.24, 2.45) is 0 Å². The van der Waals surface area contributed by atoms with E-state index in [-0.39, 0.29) is 25.1 Å². The van der Waals surface area contributed by atoms with E-state index in [4.69, 9.17) is 9.47 Å². The Balaban J connectivity index is 1.79. The summed E-state index contributed by atoms with van der Waals surface area (Å²) in [4.78, 5) is 0. The maximum atomic E-state index is 12.9. The zero-order valence-electron chi connectivity index (χ0n) is 10.9. The Morgan fingerprint density at radius 3 is 2.55 bits per heavy atom. The van der Waals surface area contributed by atoms with Gasteiger partial charge >= 0.3 is 0 Å². The number of ether oxygens (including phenoxy) is 2. The highest BCUT2D eigenvalue weighted by Crippen LogP contribution is 2.34. The average molecular weight is 274 g/mol. The number of aliphatic hydroxyl groups excluding tert-OH is 1. The molecule has 0 bridgehead atoms. The molecule has 0 saturated heterocycles. The lowest BCUT2D eigenvalue weighted by Gasteiger charge is -2.15. The predicted molar refractivity (Wildman–Crippen MR) is 72.5 cm³/mol. The summed E-state index contributed by atoms with van der Waals surface area (Å²) >= 11 is 0. The highest BCUT2D eigenvalue weighted by Gasteiger charge is 2.16. The smallest absolute Gasteiger partial charge is 0.231 e. The largest absolute Gasteiger partial charge is 0.454 e. The molecule has 1 N–H and O–H groups in total. The van der Waals surface area contributed by atoms with Gasteiger partial charge in [0.2, 0.25) is 6.79 Å². The lowest BCUT2D eigenvalue weighted by Crippen LogP contribution is -2.07. The van der Waals surface area contributed by atoms with E-state index in [2.05, 4.69) is 0 Å². The van der Waals surface area contributed by atoms with Crippen LogP contribution in [0.5, 0.6) is 11.5 Å². The SMILES string of the molecule is OCC(Cc1ccc2c(c1)OCO2)c1ccc(F)cc1. The summed E-state index contributed by atoms with van der Waals surface area (Å²) in [5.74, 6) is 1.15. The van der Waals surface area contributed by atoms with Crippen molar-refractivity contribution in [3.63, 3.8) is 0 Å². The first kappa shape index (κ1) is 12.9. The molecule has 104 valence electrons. The minimum Gasteiger partial charge on any atom is -0.454 e. The Labute approximate surface area is 116 Å². The molecule has 1 aliphatic rings. The average Bonchev–Trinajstić information content (AvgIpc) is 2.93. The van der Waals surface area contributed by atoms with Crippen molar-refractivity contribution >= 4 is 0 Å². The highest BCUT2D eigenvalue weighted by atomic mass is 19.1. The van der Waals surface area contributed by atoms with E-state index in [1.54, 1.807) is 12.1 Å². The van der Waals surface area contributed by atoms with Crippen molar-refractivity contribution in [1.29, 1.82) is 0 Å². The van der Waals surface area contributed by atoms with Crippen molar-refractivity contribution < 1.29 is 19.0 Å². The molecule has 0 amide bonds. The maximum Gasteiger partial charge on any atom is 0.231 e. The Kier molecular flexibility index (Phi) is 3.56. The fourth-order valence-corrected chi connectivity index (χ4v) is 2.38. The number of halogens is 1. The van der Waals surface area contributed by atoms with Crippen molar-refractivity contribution in [3.05, 3.63) is 59.4 Å². The molecule has 0 aromatic heterocycles. The van der Waals surface area contributed by atoms with Gasteiger partial charge in [-0.1, -0.05) is 18.2 Å². The van der Waals surface area contributed by atoms with Crippen molar-refractivity contribution in [2.75, 3.05) is 13.4 Å². The van der Waals surface area contributed by atoms with E-state index in [1.165, 1.54) is 12.1 Å². The second kappa shape index (κ2) is 5.51. The van der Waals surface area contributed by atoms with Gasteiger partial charge in [-0.25, -0.2) is 4.39 Å². The van der Waals surface area contributed by atoms with Crippen LogP contribution in [0.4, 0.5) is 4.39 Å². The molecule has 2 aromatic carbocycles. The minimum atomic E-state index is -0.270. The van der Waals surface area contributed by atoms with Gasteiger partial charge in [-0.2, -0.15) is 0 Å². The van der Waals surface area contributed by atoms with Gasteiger partial charge in [0.05, 0.1) is 6.61 Å². The number of rotatable bonds is 4. The molecule has 0 saturated carbocycles. The zero-order valence-corrected chi connectivity index (χ0v) is 10.9. The molecule has 1 aliphatic heterocycles. The molecule has 4 heteroatoms. The summed E-state index contributed by atoms with van der Waals surface area (Å²) in [7, 11) is 0. The van der Waals surface area contributed by atoms with Crippen LogP contribution in [0.2, 0.25) is 0 Å². The Bertz CT molecular complexity index is 595. The molecule has 20 heavy (non-hydrogen) atoms. The summed E-state index contributed by atoms with van der Waals surface area (Å²) < 4.78 is 23.5. The van der Waals surface area contributed by atoms with Crippen molar-refractivity contribution in [1.82, 2.24) is 0 Å². The van der Waals surface area contributed by atoms with Gasteiger partial charge in [0.25, 0.3) is 0 Å². The summed E-state index contributed by atoms with van der Waals surface area (Å²) in [6, 6.07) is 12.0. The van der Waals surface area contributed by atoms with Crippen LogP contribution in [0.15, 0.2) is 42.5 Å². The number of hydrogen-bond donors (Lipinski definition) is 1. The zero-order chi connectivity index (χ0) is 13.9. The van der Waals surface area contributed by atoms with Gasteiger partial charge in [0.15, 0.2) is 11.5 Å². The standard InChI is InChI=1S/C16H15FO3/c17-14-4-2-12(3-5-14)13(9-18)7-11-1-6-15-16(8-11)20-10-19-15/h1-6,8,13,18H,7,9-10H2. The number of fused-ring (bicyclic) bond motifs is 1. The molecule has 3 rings (SSSR count). The van der Waals surface area contributed by atoms with Crippen LogP contribution in [0, 0.1) is 5.82 Å². The molecule has 3 nitrogen and oxygen atoms in total. The molecule has 0 spiro atoms. The molecule has 2 aromatic rings. The van der Waals surface area contributed by atoms with Gasteiger partial charge in [-0.05, 0) is 41.8 Å². The van der Waals surface area contributed by atoms with Gasteiger partial charge < -0.3 is 14.6 Å². The van der Waals surface area contributed by atoms with E-state index in [0.717, 1.165) is 22.6 Å². The van der Waals surface area contributed by atoms with E-state index < -0.39 is 0 Å². The van der Waals surface area contributed by atoms with Crippen LogP contribution in [0.1, 0.15) is 17.0 Å². The van der Waals surface area contributed by atoms with Crippen LogP contribution < -0.4 is 9.47 Å².